The summed E-state index contributed by atoms with van der Waals surface area (Å²) in [6, 6.07) is 4.36. The molecule has 1 aromatic rings. The van der Waals surface area contributed by atoms with Crippen LogP contribution < -0.4 is 5.32 Å². The summed E-state index contributed by atoms with van der Waals surface area (Å²) in [7, 11) is 0. The molecule has 5 heteroatoms. The lowest BCUT2D eigenvalue weighted by Crippen LogP contribution is -2.36. The number of amides is 1. The first-order valence-corrected chi connectivity index (χ1v) is 6.00. The standard InChI is InChI=1S/C12H15BrFNO2/c1-12(2,7-16)6-15-11(17)10-8(13)4-3-5-9(10)14/h3-5,16H,6-7H2,1-2H3,(H,15,17). The van der Waals surface area contributed by atoms with Gasteiger partial charge in [0.25, 0.3) is 5.91 Å². The summed E-state index contributed by atoms with van der Waals surface area (Å²) in [5.74, 6) is -1.06. The zero-order valence-corrected chi connectivity index (χ0v) is 11.3. The number of nitrogens with one attached hydrogen (secondary N) is 1. The van der Waals surface area contributed by atoms with Crippen LogP contribution in [0.25, 0.3) is 0 Å². The zero-order valence-electron chi connectivity index (χ0n) is 9.76. The van der Waals surface area contributed by atoms with Crippen molar-refractivity contribution >= 4 is 21.8 Å². The topological polar surface area (TPSA) is 49.3 Å². The highest BCUT2D eigenvalue weighted by atomic mass is 79.9. The summed E-state index contributed by atoms with van der Waals surface area (Å²) >= 11 is 3.14. The second-order valence-electron chi connectivity index (χ2n) is 4.60. The van der Waals surface area contributed by atoms with Gasteiger partial charge in [0.15, 0.2) is 0 Å². The molecule has 0 aromatic heterocycles. The SMILES string of the molecule is CC(C)(CO)CNC(=O)c1c(F)cccc1Br. The van der Waals surface area contributed by atoms with Crippen molar-refractivity contribution in [1.29, 1.82) is 0 Å². The number of hydrogen-bond donors (Lipinski definition) is 2. The van der Waals surface area contributed by atoms with E-state index in [0.29, 0.717) is 4.47 Å². The predicted molar refractivity (Wildman–Crippen MR) is 67.3 cm³/mol. The van der Waals surface area contributed by atoms with E-state index < -0.39 is 17.1 Å². The van der Waals surface area contributed by atoms with Crippen molar-refractivity contribution in [2.24, 2.45) is 5.41 Å². The molecule has 1 rings (SSSR count). The third-order valence-corrected chi connectivity index (χ3v) is 3.01. The molecule has 1 aromatic carbocycles. The molecular weight excluding hydrogens is 289 g/mol. The number of rotatable bonds is 4. The van der Waals surface area contributed by atoms with E-state index in [-0.39, 0.29) is 18.7 Å². The Kier molecular flexibility index (Phi) is 4.65. The number of halogens is 2. The van der Waals surface area contributed by atoms with E-state index in [4.69, 9.17) is 5.11 Å². The Hall–Kier alpha value is -0.940. The lowest BCUT2D eigenvalue weighted by molar-refractivity contribution is 0.0906. The van der Waals surface area contributed by atoms with Gasteiger partial charge in [0.2, 0.25) is 0 Å². The molecule has 0 heterocycles. The van der Waals surface area contributed by atoms with Crippen molar-refractivity contribution in [3.8, 4) is 0 Å². The van der Waals surface area contributed by atoms with E-state index in [0.717, 1.165) is 0 Å². The van der Waals surface area contributed by atoms with Gasteiger partial charge in [-0.3, -0.25) is 4.79 Å². The molecule has 0 saturated heterocycles. The minimum absolute atomic E-state index is 0.0127. The molecule has 2 N–H and O–H groups in total. The van der Waals surface area contributed by atoms with Crippen LogP contribution >= 0.6 is 15.9 Å². The number of hydrogen-bond acceptors (Lipinski definition) is 2. The maximum absolute atomic E-state index is 13.5. The van der Waals surface area contributed by atoms with Crippen LogP contribution in [-0.2, 0) is 0 Å². The summed E-state index contributed by atoms with van der Waals surface area (Å²) in [5.41, 5.74) is -0.436. The van der Waals surface area contributed by atoms with Crippen LogP contribution in [0.1, 0.15) is 24.2 Å². The molecule has 0 aliphatic carbocycles. The van der Waals surface area contributed by atoms with Crippen LogP contribution in [0.4, 0.5) is 4.39 Å². The summed E-state index contributed by atoms with van der Waals surface area (Å²) in [6.07, 6.45) is 0. The molecule has 17 heavy (non-hydrogen) atoms. The lowest BCUT2D eigenvalue weighted by atomic mass is 9.95. The van der Waals surface area contributed by atoms with Gasteiger partial charge < -0.3 is 10.4 Å². The quantitative estimate of drug-likeness (QED) is 0.897. The van der Waals surface area contributed by atoms with Crippen molar-refractivity contribution in [2.75, 3.05) is 13.2 Å². The molecule has 0 atom stereocenters. The van der Waals surface area contributed by atoms with E-state index in [2.05, 4.69) is 21.2 Å². The van der Waals surface area contributed by atoms with Crippen LogP contribution in [0, 0.1) is 11.2 Å². The highest BCUT2D eigenvalue weighted by molar-refractivity contribution is 9.10. The number of benzene rings is 1. The van der Waals surface area contributed by atoms with E-state index in [9.17, 15) is 9.18 Å². The Labute approximate surface area is 108 Å². The van der Waals surface area contributed by atoms with Gasteiger partial charge in [0, 0.05) is 23.0 Å². The van der Waals surface area contributed by atoms with Crippen molar-refractivity contribution < 1.29 is 14.3 Å². The molecular formula is C12H15BrFNO2. The van der Waals surface area contributed by atoms with Crippen LogP contribution in [-0.4, -0.2) is 24.2 Å². The molecule has 0 radical (unpaired) electrons. The Morgan fingerprint density at radius 2 is 2.18 bits per heavy atom. The normalized spacial score (nSPS) is 11.4. The fraction of sp³-hybridized carbons (Fsp3) is 0.417. The first-order chi connectivity index (χ1) is 7.87. The third-order valence-electron chi connectivity index (χ3n) is 2.35. The summed E-state index contributed by atoms with van der Waals surface area (Å²) in [5, 5.41) is 11.7. The first kappa shape index (κ1) is 14.1. The number of aliphatic hydroxyl groups excluding tert-OH is 1. The molecule has 0 bridgehead atoms. The van der Waals surface area contributed by atoms with Gasteiger partial charge in [-0.1, -0.05) is 19.9 Å². The smallest absolute Gasteiger partial charge is 0.255 e. The zero-order chi connectivity index (χ0) is 13.1. The molecule has 0 unspecified atom stereocenters. The van der Waals surface area contributed by atoms with Crippen LogP contribution in [0.5, 0.6) is 0 Å². The molecule has 3 nitrogen and oxygen atoms in total. The second-order valence-corrected chi connectivity index (χ2v) is 5.46. The van der Waals surface area contributed by atoms with Gasteiger partial charge in [0.05, 0.1) is 5.56 Å². The van der Waals surface area contributed by atoms with Crippen LogP contribution in [0.3, 0.4) is 0 Å². The average molecular weight is 304 g/mol. The van der Waals surface area contributed by atoms with E-state index in [1.165, 1.54) is 12.1 Å². The van der Waals surface area contributed by atoms with Crippen molar-refractivity contribution in [2.45, 2.75) is 13.8 Å². The maximum atomic E-state index is 13.5. The van der Waals surface area contributed by atoms with Gasteiger partial charge in [-0.2, -0.15) is 0 Å². The van der Waals surface area contributed by atoms with Crippen LogP contribution in [0.15, 0.2) is 22.7 Å². The molecule has 0 saturated carbocycles. The van der Waals surface area contributed by atoms with E-state index in [1.807, 2.05) is 13.8 Å². The highest BCUT2D eigenvalue weighted by Crippen LogP contribution is 2.20. The molecule has 0 aliphatic rings. The van der Waals surface area contributed by atoms with E-state index in [1.54, 1.807) is 6.07 Å². The largest absolute Gasteiger partial charge is 0.396 e. The van der Waals surface area contributed by atoms with Crippen molar-refractivity contribution in [3.05, 3.63) is 34.1 Å². The minimum atomic E-state index is -0.571. The van der Waals surface area contributed by atoms with Gasteiger partial charge >= 0.3 is 0 Å². The molecule has 94 valence electrons. The lowest BCUT2D eigenvalue weighted by Gasteiger charge is -2.22. The molecule has 0 aliphatic heterocycles. The summed E-state index contributed by atoms with van der Waals surface area (Å²) in [6.45, 7) is 3.85. The molecule has 1 amide bonds. The maximum Gasteiger partial charge on any atom is 0.255 e. The summed E-state index contributed by atoms with van der Waals surface area (Å²) in [4.78, 5) is 11.8. The summed E-state index contributed by atoms with van der Waals surface area (Å²) < 4.78 is 13.9. The Bertz CT molecular complexity index is 401. The van der Waals surface area contributed by atoms with Crippen LogP contribution in [0.2, 0.25) is 0 Å². The highest BCUT2D eigenvalue weighted by Gasteiger charge is 2.20. The van der Waals surface area contributed by atoms with E-state index >= 15 is 0 Å². The Balaban J connectivity index is 2.78. The van der Waals surface area contributed by atoms with Crippen molar-refractivity contribution in [3.63, 3.8) is 0 Å². The predicted octanol–water partition coefficient (Wildman–Crippen LogP) is 2.34. The fourth-order valence-corrected chi connectivity index (χ4v) is 1.70. The van der Waals surface area contributed by atoms with Gasteiger partial charge in [0.1, 0.15) is 5.82 Å². The fourth-order valence-electron chi connectivity index (χ4n) is 1.18. The number of aliphatic hydroxyl groups is 1. The minimum Gasteiger partial charge on any atom is -0.396 e. The molecule has 0 spiro atoms. The Morgan fingerprint density at radius 1 is 1.53 bits per heavy atom. The number of carbonyl (C=O) groups excluding carboxylic acids is 1. The van der Waals surface area contributed by atoms with Gasteiger partial charge in [-0.15, -0.1) is 0 Å². The third kappa shape index (κ3) is 3.78. The first-order valence-electron chi connectivity index (χ1n) is 5.20. The monoisotopic (exact) mass is 303 g/mol. The second kappa shape index (κ2) is 5.60. The van der Waals surface area contributed by atoms with Crippen molar-refractivity contribution in [1.82, 2.24) is 5.32 Å². The average Bonchev–Trinajstić information content (AvgIpc) is 2.26. The Morgan fingerprint density at radius 3 is 2.71 bits per heavy atom. The molecule has 0 fully saturated rings. The van der Waals surface area contributed by atoms with Gasteiger partial charge in [-0.25, -0.2) is 4.39 Å². The van der Waals surface area contributed by atoms with Gasteiger partial charge in [-0.05, 0) is 28.1 Å². The number of carbonyl (C=O) groups is 1.